The van der Waals surface area contributed by atoms with Gasteiger partial charge in [0.2, 0.25) is 0 Å². The Kier molecular flexibility index (Phi) is 3.28. The lowest BCUT2D eigenvalue weighted by Gasteiger charge is -2.34. The average molecular weight is 214 g/mol. The molecule has 0 aromatic carbocycles. The van der Waals surface area contributed by atoms with Crippen LogP contribution in [0.5, 0.6) is 0 Å². The summed E-state index contributed by atoms with van der Waals surface area (Å²) in [5.41, 5.74) is 0. The first-order chi connectivity index (χ1) is 6.93. The Balaban J connectivity index is 2.67. The number of carbonyl (C=O) groups is 3. The van der Waals surface area contributed by atoms with Crippen molar-refractivity contribution in [2.45, 2.75) is 19.4 Å². The van der Waals surface area contributed by atoms with Crippen LogP contribution in [0, 0.1) is 0 Å². The zero-order chi connectivity index (χ0) is 11.6. The molecule has 0 aliphatic carbocycles. The van der Waals surface area contributed by atoms with E-state index in [1.807, 2.05) is 0 Å². The highest BCUT2D eigenvalue weighted by atomic mass is 16.4. The summed E-state index contributed by atoms with van der Waals surface area (Å²) < 4.78 is 0. The first kappa shape index (κ1) is 11.5. The largest absolute Gasteiger partial charge is 0.481 e. The number of aliphatic carboxylic acids is 1. The number of likely N-dealkylation sites (N-methyl/N-ethyl adjacent to an activating group) is 1. The lowest BCUT2D eigenvalue weighted by molar-refractivity contribution is -0.157. The number of carboxylic acid groups (broad SMARTS) is 1. The van der Waals surface area contributed by atoms with Crippen molar-refractivity contribution < 1.29 is 19.5 Å². The third-order valence-corrected chi connectivity index (χ3v) is 2.47. The van der Waals surface area contributed by atoms with Crippen LogP contribution in [0.1, 0.15) is 13.3 Å². The summed E-state index contributed by atoms with van der Waals surface area (Å²) in [6.07, 6.45) is -0.136. The van der Waals surface area contributed by atoms with E-state index in [-0.39, 0.29) is 6.42 Å². The SMILES string of the molecule is CC(CC(=O)O)N1CCN(C)C(=O)C1=O. The maximum Gasteiger partial charge on any atom is 0.312 e. The summed E-state index contributed by atoms with van der Waals surface area (Å²) in [4.78, 5) is 35.9. The van der Waals surface area contributed by atoms with Crippen molar-refractivity contribution in [3.05, 3.63) is 0 Å². The van der Waals surface area contributed by atoms with Crippen LogP contribution in [0.15, 0.2) is 0 Å². The molecule has 1 rings (SSSR count). The highest BCUT2D eigenvalue weighted by Gasteiger charge is 2.33. The van der Waals surface area contributed by atoms with Crippen LogP contribution in [-0.2, 0) is 14.4 Å². The molecule has 6 heteroatoms. The molecular weight excluding hydrogens is 200 g/mol. The smallest absolute Gasteiger partial charge is 0.312 e. The van der Waals surface area contributed by atoms with E-state index >= 15 is 0 Å². The first-order valence-corrected chi connectivity index (χ1v) is 4.71. The van der Waals surface area contributed by atoms with Gasteiger partial charge in [-0.25, -0.2) is 0 Å². The fourth-order valence-electron chi connectivity index (χ4n) is 1.53. The van der Waals surface area contributed by atoms with Gasteiger partial charge in [-0.15, -0.1) is 0 Å². The normalized spacial score (nSPS) is 19.3. The molecule has 15 heavy (non-hydrogen) atoms. The number of hydrogen-bond donors (Lipinski definition) is 1. The Hall–Kier alpha value is -1.59. The molecule has 6 nitrogen and oxygen atoms in total. The minimum atomic E-state index is -0.971. The number of amides is 2. The maximum atomic E-state index is 11.5. The van der Waals surface area contributed by atoms with E-state index in [9.17, 15) is 14.4 Å². The minimum Gasteiger partial charge on any atom is -0.481 e. The van der Waals surface area contributed by atoms with Crippen LogP contribution in [0.2, 0.25) is 0 Å². The van der Waals surface area contributed by atoms with Crippen LogP contribution in [0.3, 0.4) is 0 Å². The molecular formula is C9H14N2O4. The predicted octanol–water partition coefficient (Wildman–Crippen LogP) is -0.850. The Morgan fingerprint density at radius 3 is 2.53 bits per heavy atom. The number of nitrogens with zero attached hydrogens (tertiary/aromatic N) is 2. The quantitative estimate of drug-likeness (QED) is 0.621. The van der Waals surface area contributed by atoms with Crippen LogP contribution in [-0.4, -0.2) is 58.9 Å². The third-order valence-electron chi connectivity index (χ3n) is 2.47. The summed E-state index contributed by atoms with van der Waals surface area (Å²) >= 11 is 0. The summed E-state index contributed by atoms with van der Waals surface area (Å²) in [7, 11) is 1.55. The van der Waals surface area contributed by atoms with Crippen molar-refractivity contribution >= 4 is 17.8 Å². The van der Waals surface area contributed by atoms with Gasteiger partial charge in [-0.2, -0.15) is 0 Å². The zero-order valence-corrected chi connectivity index (χ0v) is 8.77. The van der Waals surface area contributed by atoms with Crippen LogP contribution < -0.4 is 0 Å². The maximum absolute atomic E-state index is 11.5. The molecule has 1 saturated heterocycles. The first-order valence-electron chi connectivity index (χ1n) is 4.71. The fourth-order valence-corrected chi connectivity index (χ4v) is 1.53. The number of rotatable bonds is 3. The lowest BCUT2D eigenvalue weighted by atomic mass is 10.1. The topological polar surface area (TPSA) is 77.9 Å². The number of hydrogen-bond acceptors (Lipinski definition) is 3. The van der Waals surface area contributed by atoms with E-state index in [4.69, 9.17) is 5.11 Å². The van der Waals surface area contributed by atoms with Gasteiger partial charge in [-0.3, -0.25) is 14.4 Å². The molecule has 1 aliphatic rings. The Bertz CT molecular complexity index is 302. The van der Waals surface area contributed by atoms with Gasteiger partial charge in [-0.05, 0) is 6.92 Å². The lowest BCUT2D eigenvalue weighted by Crippen LogP contribution is -2.55. The number of carbonyl (C=O) groups excluding carboxylic acids is 2. The van der Waals surface area contributed by atoms with Crippen LogP contribution in [0.25, 0.3) is 0 Å². The molecule has 1 aliphatic heterocycles. The highest BCUT2D eigenvalue weighted by molar-refractivity contribution is 6.35. The summed E-state index contributed by atoms with van der Waals surface area (Å²) in [5.74, 6) is -2.15. The second kappa shape index (κ2) is 4.29. The zero-order valence-electron chi connectivity index (χ0n) is 8.77. The van der Waals surface area contributed by atoms with Crippen molar-refractivity contribution in [3.8, 4) is 0 Å². The second-order valence-corrected chi connectivity index (χ2v) is 3.67. The molecule has 1 heterocycles. The molecule has 1 unspecified atom stereocenters. The molecule has 0 spiro atoms. The standard InChI is InChI=1S/C9H14N2O4/c1-6(5-7(12)13)11-4-3-10(2)8(14)9(11)15/h6H,3-5H2,1-2H3,(H,12,13). The Morgan fingerprint density at radius 1 is 1.40 bits per heavy atom. The molecule has 0 bridgehead atoms. The van der Waals surface area contributed by atoms with E-state index in [1.165, 1.54) is 9.80 Å². The van der Waals surface area contributed by atoms with Gasteiger partial charge in [0, 0.05) is 26.2 Å². The van der Waals surface area contributed by atoms with Gasteiger partial charge in [0.15, 0.2) is 0 Å². The minimum absolute atomic E-state index is 0.136. The number of piperazine rings is 1. The van der Waals surface area contributed by atoms with E-state index in [0.717, 1.165) is 0 Å². The monoisotopic (exact) mass is 214 g/mol. The van der Waals surface area contributed by atoms with Gasteiger partial charge in [0.25, 0.3) is 0 Å². The average Bonchev–Trinajstić information content (AvgIpc) is 2.13. The van der Waals surface area contributed by atoms with Crippen molar-refractivity contribution in [2.24, 2.45) is 0 Å². The molecule has 0 saturated carbocycles. The molecule has 1 fully saturated rings. The van der Waals surface area contributed by atoms with Gasteiger partial charge in [0.05, 0.1) is 6.42 Å². The summed E-state index contributed by atoms with van der Waals surface area (Å²) in [6, 6.07) is -0.437. The highest BCUT2D eigenvalue weighted by Crippen LogP contribution is 2.10. The Labute approximate surface area is 87.5 Å². The predicted molar refractivity (Wildman–Crippen MR) is 51.1 cm³/mol. The van der Waals surface area contributed by atoms with Gasteiger partial charge >= 0.3 is 17.8 Å². The van der Waals surface area contributed by atoms with E-state index in [2.05, 4.69) is 0 Å². The second-order valence-electron chi connectivity index (χ2n) is 3.67. The fraction of sp³-hybridized carbons (Fsp3) is 0.667. The molecule has 0 aromatic rings. The summed E-state index contributed by atoms with van der Waals surface area (Å²) in [6.45, 7) is 2.48. The molecule has 84 valence electrons. The van der Waals surface area contributed by atoms with Crippen molar-refractivity contribution in [3.63, 3.8) is 0 Å². The third kappa shape index (κ3) is 2.45. The number of carboxylic acids is 1. The molecule has 0 radical (unpaired) electrons. The molecule has 1 atom stereocenters. The Morgan fingerprint density at radius 2 is 2.00 bits per heavy atom. The van der Waals surface area contributed by atoms with Gasteiger partial charge < -0.3 is 14.9 Å². The van der Waals surface area contributed by atoms with E-state index in [0.29, 0.717) is 13.1 Å². The van der Waals surface area contributed by atoms with E-state index in [1.54, 1.807) is 14.0 Å². The molecule has 0 aromatic heterocycles. The van der Waals surface area contributed by atoms with Gasteiger partial charge in [-0.1, -0.05) is 0 Å². The van der Waals surface area contributed by atoms with Crippen LogP contribution >= 0.6 is 0 Å². The van der Waals surface area contributed by atoms with Crippen LogP contribution in [0.4, 0.5) is 0 Å². The summed E-state index contributed by atoms with van der Waals surface area (Å²) in [5, 5.41) is 8.59. The van der Waals surface area contributed by atoms with Crippen molar-refractivity contribution in [2.75, 3.05) is 20.1 Å². The van der Waals surface area contributed by atoms with E-state index < -0.39 is 23.8 Å². The van der Waals surface area contributed by atoms with Crippen molar-refractivity contribution in [1.82, 2.24) is 9.80 Å². The molecule has 1 N–H and O–H groups in total. The molecule has 2 amide bonds. The van der Waals surface area contributed by atoms with Crippen molar-refractivity contribution in [1.29, 1.82) is 0 Å². The van der Waals surface area contributed by atoms with Gasteiger partial charge in [0.1, 0.15) is 0 Å².